The van der Waals surface area contributed by atoms with Crippen molar-refractivity contribution in [3.63, 3.8) is 0 Å². The first-order valence-corrected chi connectivity index (χ1v) is 10.7. The fraction of sp³-hybridized carbons (Fsp3) is 0.0526. The third-order valence-corrected chi connectivity index (χ3v) is 5.32. The van der Waals surface area contributed by atoms with E-state index in [-0.39, 0.29) is 12.3 Å². The second-order valence-electron chi connectivity index (χ2n) is 5.79. The Morgan fingerprint density at radius 3 is 2.43 bits per heavy atom. The molecule has 0 aliphatic heterocycles. The highest BCUT2D eigenvalue weighted by Gasteiger charge is 2.11. The molecule has 0 saturated carbocycles. The third-order valence-electron chi connectivity index (χ3n) is 3.68. The van der Waals surface area contributed by atoms with Crippen LogP contribution in [-0.4, -0.2) is 23.7 Å². The molecule has 3 rings (SSSR count). The summed E-state index contributed by atoms with van der Waals surface area (Å²) in [5.74, 6) is 0.972. The Labute approximate surface area is 195 Å². The van der Waals surface area contributed by atoms with Crippen LogP contribution in [-0.2, 0) is 4.79 Å². The van der Waals surface area contributed by atoms with Gasteiger partial charge >= 0.3 is 0 Å². The Morgan fingerprint density at radius 2 is 1.80 bits per heavy atom. The molecule has 0 fully saturated rings. The standard InChI is InChI=1S/C19H12Br3N3O5/c20-12-7-15(21)19(16(22)8-12)29-10-18(26)24-23-9-14-5-6-17(30-14)11-1-3-13(4-2-11)25(27)28/h1-9H,10H2,(H,24,26). The van der Waals surface area contributed by atoms with Crippen LogP contribution in [0.15, 0.2) is 71.5 Å². The number of halogens is 3. The Balaban J connectivity index is 1.54. The van der Waals surface area contributed by atoms with Crippen LogP contribution in [0.25, 0.3) is 11.3 Å². The number of non-ortho nitro benzene ring substituents is 1. The topological polar surface area (TPSA) is 107 Å². The molecule has 8 nitrogen and oxygen atoms in total. The van der Waals surface area contributed by atoms with Crippen molar-refractivity contribution in [2.75, 3.05) is 6.61 Å². The summed E-state index contributed by atoms with van der Waals surface area (Å²) in [5, 5.41) is 14.6. The fourth-order valence-corrected chi connectivity index (χ4v) is 4.82. The predicted molar refractivity (Wildman–Crippen MR) is 122 cm³/mol. The summed E-state index contributed by atoms with van der Waals surface area (Å²) < 4.78 is 13.3. The van der Waals surface area contributed by atoms with E-state index < -0.39 is 10.8 Å². The van der Waals surface area contributed by atoms with E-state index in [0.717, 1.165) is 4.47 Å². The summed E-state index contributed by atoms with van der Waals surface area (Å²) in [6.45, 7) is -0.234. The molecule has 0 unspecified atom stereocenters. The number of rotatable bonds is 7. The molecule has 0 spiro atoms. The van der Waals surface area contributed by atoms with Gasteiger partial charge < -0.3 is 9.15 Å². The minimum Gasteiger partial charge on any atom is -0.481 e. The molecule has 2 aromatic carbocycles. The molecule has 0 aliphatic rings. The number of carbonyl (C=O) groups is 1. The van der Waals surface area contributed by atoms with Crippen LogP contribution >= 0.6 is 47.8 Å². The Kier molecular flexibility index (Phi) is 7.40. The zero-order valence-corrected chi connectivity index (χ0v) is 19.7. The molecule has 3 aromatic rings. The number of ether oxygens (including phenoxy) is 1. The van der Waals surface area contributed by atoms with Gasteiger partial charge in [0.1, 0.15) is 17.3 Å². The van der Waals surface area contributed by atoms with Crippen molar-refractivity contribution in [3.05, 3.63) is 77.8 Å². The van der Waals surface area contributed by atoms with Crippen LogP contribution in [0.1, 0.15) is 5.76 Å². The highest BCUT2D eigenvalue weighted by Crippen LogP contribution is 2.36. The van der Waals surface area contributed by atoms with Crippen molar-refractivity contribution in [1.82, 2.24) is 5.43 Å². The lowest BCUT2D eigenvalue weighted by atomic mass is 10.1. The van der Waals surface area contributed by atoms with Gasteiger partial charge in [0, 0.05) is 22.2 Å². The molecule has 0 bridgehead atoms. The minimum atomic E-state index is -0.468. The minimum absolute atomic E-state index is 0.000722. The van der Waals surface area contributed by atoms with Gasteiger partial charge in [-0.15, -0.1) is 0 Å². The van der Waals surface area contributed by atoms with E-state index in [1.807, 2.05) is 0 Å². The van der Waals surface area contributed by atoms with Gasteiger partial charge in [0.05, 0.1) is 20.1 Å². The average molecular weight is 602 g/mol. The number of benzene rings is 2. The molecular formula is C19H12Br3N3O5. The zero-order chi connectivity index (χ0) is 21.7. The SMILES string of the molecule is O=C(COc1c(Br)cc(Br)cc1Br)NN=Cc1ccc(-c2ccc([N+](=O)[O-])cc2)o1. The lowest BCUT2D eigenvalue weighted by molar-refractivity contribution is -0.384. The van der Waals surface area contributed by atoms with E-state index in [0.29, 0.717) is 31.8 Å². The number of nitrogens with one attached hydrogen (secondary N) is 1. The number of carbonyl (C=O) groups excluding carboxylic acids is 1. The van der Waals surface area contributed by atoms with Gasteiger partial charge in [0.2, 0.25) is 0 Å². The van der Waals surface area contributed by atoms with E-state index in [1.54, 1.807) is 36.4 Å². The highest BCUT2D eigenvalue weighted by atomic mass is 79.9. The molecule has 11 heteroatoms. The predicted octanol–water partition coefficient (Wildman–Crippen LogP) is 5.67. The van der Waals surface area contributed by atoms with Crippen LogP contribution in [0.2, 0.25) is 0 Å². The van der Waals surface area contributed by atoms with Crippen LogP contribution < -0.4 is 10.2 Å². The smallest absolute Gasteiger partial charge is 0.277 e. The summed E-state index contributed by atoms with van der Waals surface area (Å²) in [4.78, 5) is 22.2. The van der Waals surface area contributed by atoms with E-state index >= 15 is 0 Å². The number of nitrogens with zero attached hydrogens (tertiary/aromatic N) is 2. The van der Waals surface area contributed by atoms with Crippen LogP contribution in [0.4, 0.5) is 5.69 Å². The van der Waals surface area contributed by atoms with E-state index in [2.05, 4.69) is 58.3 Å². The number of nitro groups is 1. The number of amides is 1. The maximum atomic E-state index is 11.9. The van der Waals surface area contributed by atoms with Crippen molar-refractivity contribution < 1.29 is 18.9 Å². The van der Waals surface area contributed by atoms with Crippen LogP contribution in [0.5, 0.6) is 5.75 Å². The molecule has 154 valence electrons. The van der Waals surface area contributed by atoms with Gasteiger partial charge in [-0.1, -0.05) is 15.9 Å². The van der Waals surface area contributed by atoms with Crippen LogP contribution in [0.3, 0.4) is 0 Å². The first kappa shape index (κ1) is 22.2. The quantitative estimate of drug-likeness (QED) is 0.213. The lowest BCUT2D eigenvalue weighted by Gasteiger charge is -2.09. The van der Waals surface area contributed by atoms with Gasteiger partial charge in [0.25, 0.3) is 11.6 Å². The molecule has 1 N–H and O–H groups in total. The van der Waals surface area contributed by atoms with Crippen molar-refractivity contribution >= 4 is 65.6 Å². The Bertz CT molecular complexity index is 1090. The molecule has 30 heavy (non-hydrogen) atoms. The third kappa shape index (κ3) is 5.77. The number of hydrogen-bond acceptors (Lipinski definition) is 6. The molecular weight excluding hydrogens is 590 g/mol. The number of furan rings is 1. The summed E-state index contributed by atoms with van der Waals surface area (Å²) in [5.41, 5.74) is 3.03. The van der Waals surface area contributed by atoms with Crippen molar-refractivity contribution in [2.24, 2.45) is 5.10 Å². The van der Waals surface area contributed by atoms with E-state index in [4.69, 9.17) is 9.15 Å². The maximum absolute atomic E-state index is 11.9. The lowest BCUT2D eigenvalue weighted by Crippen LogP contribution is -2.24. The zero-order valence-electron chi connectivity index (χ0n) is 15.0. The second kappa shape index (κ2) is 10.0. The summed E-state index contributed by atoms with van der Waals surface area (Å²) in [7, 11) is 0. The number of hydrogen-bond donors (Lipinski definition) is 1. The molecule has 0 radical (unpaired) electrons. The molecule has 1 amide bonds. The van der Waals surface area contributed by atoms with E-state index in [9.17, 15) is 14.9 Å². The molecule has 0 aliphatic carbocycles. The Hall–Kier alpha value is -2.50. The first-order valence-electron chi connectivity index (χ1n) is 8.27. The normalized spacial score (nSPS) is 10.9. The van der Waals surface area contributed by atoms with Crippen molar-refractivity contribution in [2.45, 2.75) is 0 Å². The van der Waals surface area contributed by atoms with E-state index in [1.165, 1.54) is 18.3 Å². The number of nitro benzene ring substituents is 1. The summed E-state index contributed by atoms with van der Waals surface area (Å²) in [6.07, 6.45) is 1.35. The van der Waals surface area contributed by atoms with Gasteiger partial charge in [-0.3, -0.25) is 14.9 Å². The second-order valence-corrected chi connectivity index (χ2v) is 8.41. The van der Waals surface area contributed by atoms with Gasteiger partial charge in [-0.05, 0) is 68.3 Å². The maximum Gasteiger partial charge on any atom is 0.277 e. The van der Waals surface area contributed by atoms with Gasteiger partial charge in [-0.2, -0.15) is 5.10 Å². The molecule has 1 heterocycles. The highest BCUT2D eigenvalue weighted by molar-refractivity contribution is 9.11. The van der Waals surface area contributed by atoms with Crippen molar-refractivity contribution in [3.8, 4) is 17.1 Å². The summed E-state index contributed by atoms with van der Waals surface area (Å²) >= 11 is 10.1. The van der Waals surface area contributed by atoms with Crippen LogP contribution in [0, 0.1) is 10.1 Å². The van der Waals surface area contributed by atoms with Crippen molar-refractivity contribution in [1.29, 1.82) is 0 Å². The first-order chi connectivity index (χ1) is 14.3. The van der Waals surface area contributed by atoms with Gasteiger partial charge in [-0.25, -0.2) is 5.43 Å². The molecule has 0 saturated heterocycles. The largest absolute Gasteiger partial charge is 0.481 e. The average Bonchev–Trinajstić information content (AvgIpc) is 3.16. The summed E-state index contributed by atoms with van der Waals surface area (Å²) in [6, 6.07) is 13.0. The Morgan fingerprint density at radius 1 is 1.13 bits per heavy atom. The fourth-order valence-electron chi connectivity index (χ4n) is 2.33. The number of hydrazone groups is 1. The molecule has 0 atom stereocenters. The monoisotopic (exact) mass is 599 g/mol. The molecule has 1 aromatic heterocycles. The van der Waals surface area contributed by atoms with Gasteiger partial charge in [0.15, 0.2) is 6.61 Å².